The van der Waals surface area contributed by atoms with E-state index in [1.165, 1.54) is 24.3 Å². The number of rotatable bonds is 7. The predicted octanol–water partition coefficient (Wildman–Crippen LogP) is 6.48. The molecule has 0 unspecified atom stereocenters. The Morgan fingerprint density at radius 2 is 1.77 bits per heavy atom. The molecule has 0 N–H and O–H groups in total. The third-order valence-electron chi connectivity index (χ3n) is 4.87. The van der Waals surface area contributed by atoms with E-state index in [1.807, 2.05) is 0 Å². The fourth-order valence-electron chi connectivity index (χ4n) is 3.51. The number of nitrogens with zero attached hydrogens (tertiary/aromatic N) is 1. The number of nitriles is 1. The Labute approximate surface area is 151 Å². The van der Waals surface area contributed by atoms with E-state index >= 15 is 0 Å². The van der Waals surface area contributed by atoms with Gasteiger partial charge >= 0.3 is 6.36 Å². The molecule has 0 saturated heterocycles. The molecular formula is C20H23F4NO. The minimum absolute atomic E-state index is 0.184. The van der Waals surface area contributed by atoms with Crippen LogP contribution in [0.4, 0.5) is 17.6 Å². The lowest BCUT2D eigenvalue weighted by molar-refractivity contribution is -0.274. The van der Waals surface area contributed by atoms with Gasteiger partial charge in [-0.25, -0.2) is 0 Å². The minimum atomic E-state index is -4.66. The fourth-order valence-corrected chi connectivity index (χ4v) is 3.51. The van der Waals surface area contributed by atoms with E-state index in [-0.39, 0.29) is 11.7 Å². The molecular weight excluding hydrogens is 346 g/mol. The zero-order valence-electron chi connectivity index (χ0n) is 14.6. The van der Waals surface area contributed by atoms with E-state index in [2.05, 4.69) is 4.74 Å². The van der Waals surface area contributed by atoms with Crippen LogP contribution in [0.15, 0.2) is 36.2 Å². The highest BCUT2D eigenvalue weighted by Crippen LogP contribution is 2.33. The van der Waals surface area contributed by atoms with Crippen LogP contribution in [0.1, 0.15) is 50.5 Å². The summed E-state index contributed by atoms with van der Waals surface area (Å²) < 4.78 is 53.2. The minimum Gasteiger partial charge on any atom is -0.406 e. The summed E-state index contributed by atoms with van der Waals surface area (Å²) in [6.07, 6.45) is 4.78. The summed E-state index contributed by atoms with van der Waals surface area (Å²) in [6, 6.07) is 7.55. The smallest absolute Gasteiger partial charge is 0.406 e. The molecule has 1 aliphatic carbocycles. The van der Waals surface area contributed by atoms with Crippen LogP contribution in [-0.4, -0.2) is 6.36 Å². The second-order valence-corrected chi connectivity index (χ2v) is 6.84. The Kier molecular flexibility index (Phi) is 7.50. The average molecular weight is 369 g/mol. The van der Waals surface area contributed by atoms with Crippen LogP contribution in [0.2, 0.25) is 0 Å². The van der Waals surface area contributed by atoms with Crippen LogP contribution in [-0.2, 0) is 6.42 Å². The molecule has 26 heavy (non-hydrogen) atoms. The lowest BCUT2D eigenvalue weighted by atomic mass is 9.79. The topological polar surface area (TPSA) is 33.0 Å². The first-order valence-corrected chi connectivity index (χ1v) is 8.98. The van der Waals surface area contributed by atoms with Gasteiger partial charge in [-0.15, -0.1) is 13.2 Å². The van der Waals surface area contributed by atoms with E-state index in [4.69, 9.17) is 5.26 Å². The molecule has 1 saturated carbocycles. The number of alkyl halides is 3. The van der Waals surface area contributed by atoms with Gasteiger partial charge in [0, 0.05) is 0 Å². The molecule has 0 aliphatic heterocycles. The van der Waals surface area contributed by atoms with Crippen LogP contribution in [0.25, 0.3) is 0 Å². The maximum atomic E-state index is 13.0. The molecule has 1 fully saturated rings. The molecule has 6 heteroatoms. The average Bonchev–Trinajstić information content (AvgIpc) is 2.60. The standard InChI is InChI=1S/C20H23F4NO/c21-18(14-25)13-17-7-5-15(6-8-17)3-1-2-4-16-9-11-19(12-10-16)26-20(22,23)24/h9-13,15,17H,1-8H2. The number of halogens is 4. The monoisotopic (exact) mass is 369 g/mol. The molecule has 0 atom stereocenters. The molecule has 0 spiro atoms. The number of unbranched alkanes of at least 4 members (excludes halogenated alkanes) is 1. The van der Waals surface area contributed by atoms with Gasteiger partial charge in [0.2, 0.25) is 0 Å². The van der Waals surface area contributed by atoms with Crippen molar-refractivity contribution >= 4 is 0 Å². The molecule has 142 valence electrons. The number of ether oxygens (including phenoxy) is 1. The molecule has 1 aromatic rings. The highest BCUT2D eigenvalue weighted by Gasteiger charge is 2.30. The number of benzene rings is 1. The molecule has 1 aromatic carbocycles. The summed E-state index contributed by atoms with van der Waals surface area (Å²) >= 11 is 0. The maximum absolute atomic E-state index is 13.0. The molecule has 0 bridgehead atoms. The Balaban J connectivity index is 1.63. The van der Waals surface area contributed by atoms with E-state index in [0.29, 0.717) is 5.92 Å². The zero-order valence-corrected chi connectivity index (χ0v) is 14.6. The van der Waals surface area contributed by atoms with Crippen molar-refractivity contribution in [2.45, 2.75) is 57.7 Å². The number of aryl methyl sites for hydroxylation is 1. The Morgan fingerprint density at radius 1 is 1.12 bits per heavy atom. The molecule has 2 nitrogen and oxygen atoms in total. The summed E-state index contributed by atoms with van der Waals surface area (Å²) in [4.78, 5) is 0. The van der Waals surface area contributed by atoms with Gasteiger partial charge in [0.05, 0.1) is 0 Å². The molecule has 0 radical (unpaired) electrons. The number of hydrogen-bond acceptors (Lipinski definition) is 2. The quantitative estimate of drug-likeness (QED) is 0.313. The third-order valence-corrected chi connectivity index (χ3v) is 4.87. The van der Waals surface area contributed by atoms with Crippen LogP contribution < -0.4 is 4.74 Å². The summed E-state index contributed by atoms with van der Waals surface area (Å²) in [6.45, 7) is 0. The SMILES string of the molecule is N#CC(F)=CC1CCC(CCCCc2ccc(OC(F)(F)F)cc2)CC1. The van der Waals surface area contributed by atoms with Crippen LogP contribution in [0.3, 0.4) is 0 Å². The van der Waals surface area contributed by atoms with Crippen molar-refractivity contribution in [1.29, 1.82) is 5.26 Å². The van der Waals surface area contributed by atoms with Crippen molar-refractivity contribution in [1.82, 2.24) is 0 Å². The van der Waals surface area contributed by atoms with Gasteiger partial charge < -0.3 is 4.74 Å². The maximum Gasteiger partial charge on any atom is 0.573 e. The summed E-state index contributed by atoms with van der Waals surface area (Å²) in [5.74, 6) is -0.0457. The third kappa shape index (κ3) is 7.47. The van der Waals surface area contributed by atoms with E-state index < -0.39 is 12.2 Å². The Morgan fingerprint density at radius 3 is 2.35 bits per heavy atom. The van der Waals surface area contributed by atoms with Gasteiger partial charge in [-0.1, -0.05) is 25.0 Å². The van der Waals surface area contributed by atoms with Crippen LogP contribution in [0, 0.1) is 23.2 Å². The fraction of sp³-hybridized carbons (Fsp3) is 0.550. The van der Waals surface area contributed by atoms with Gasteiger partial charge in [0.25, 0.3) is 0 Å². The summed E-state index contributed by atoms with van der Waals surface area (Å²) in [5.41, 5.74) is 1.00. The highest BCUT2D eigenvalue weighted by molar-refractivity contribution is 5.27. The summed E-state index contributed by atoms with van der Waals surface area (Å²) in [5, 5.41) is 8.47. The van der Waals surface area contributed by atoms with Crippen molar-refractivity contribution in [3.05, 3.63) is 41.7 Å². The largest absolute Gasteiger partial charge is 0.573 e. The van der Waals surface area contributed by atoms with Gasteiger partial charge in [-0.3, -0.25) is 0 Å². The van der Waals surface area contributed by atoms with E-state index in [9.17, 15) is 17.6 Å². The first-order valence-electron chi connectivity index (χ1n) is 8.98. The second kappa shape index (κ2) is 9.61. The van der Waals surface area contributed by atoms with Gasteiger partial charge in [-0.2, -0.15) is 9.65 Å². The van der Waals surface area contributed by atoms with Crippen molar-refractivity contribution < 1.29 is 22.3 Å². The van der Waals surface area contributed by atoms with E-state index in [1.54, 1.807) is 12.1 Å². The Bertz CT molecular complexity index is 623. The molecule has 0 amide bonds. The van der Waals surface area contributed by atoms with E-state index in [0.717, 1.165) is 56.9 Å². The van der Waals surface area contributed by atoms with Crippen molar-refractivity contribution in [3.8, 4) is 11.8 Å². The number of hydrogen-bond donors (Lipinski definition) is 0. The van der Waals surface area contributed by atoms with Gasteiger partial charge in [0.1, 0.15) is 11.8 Å². The first kappa shape index (κ1) is 20.3. The normalized spacial score (nSPS) is 21.3. The Hall–Kier alpha value is -2.03. The predicted molar refractivity (Wildman–Crippen MR) is 90.9 cm³/mol. The van der Waals surface area contributed by atoms with Crippen molar-refractivity contribution in [2.75, 3.05) is 0 Å². The molecule has 1 aliphatic rings. The first-order chi connectivity index (χ1) is 12.4. The lowest BCUT2D eigenvalue weighted by Gasteiger charge is -2.26. The van der Waals surface area contributed by atoms with Gasteiger partial charge in [0.15, 0.2) is 5.83 Å². The summed E-state index contributed by atoms with van der Waals surface area (Å²) in [7, 11) is 0. The number of allylic oxidation sites excluding steroid dienone is 2. The highest BCUT2D eigenvalue weighted by atomic mass is 19.4. The molecule has 2 rings (SSSR count). The second-order valence-electron chi connectivity index (χ2n) is 6.84. The lowest BCUT2D eigenvalue weighted by Crippen LogP contribution is -2.17. The van der Waals surface area contributed by atoms with Crippen molar-refractivity contribution in [3.63, 3.8) is 0 Å². The van der Waals surface area contributed by atoms with Crippen LogP contribution in [0.5, 0.6) is 5.75 Å². The van der Waals surface area contributed by atoms with Crippen molar-refractivity contribution in [2.24, 2.45) is 11.8 Å². The zero-order chi connectivity index (χ0) is 19.0. The van der Waals surface area contributed by atoms with Crippen LogP contribution >= 0.6 is 0 Å². The molecule has 0 aromatic heterocycles. The van der Waals surface area contributed by atoms with Gasteiger partial charge in [-0.05, 0) is 74.1 Å². The molecule has 0 heterocycles.